The lowest BCUT2D eigenvalue weighted by molar-refractivity contribution is -0.137. The first kappa shape index (κ1) is 16.4. The van der Waals surface area contributed by atoms with E-state index >= 15 is 0 Å². The highest BCUT2D eigenvalue weighted by atomic mass is 32.1. The maximum atomic E-state index is 12.5. The van der Waals surface area contributed by atoms with E-state index in [2.05, 4.69) is 10.3 Å². The molecule has 0 bridgehead atoms. The molecule has 0 aliphatic heterocycles. The number of fused-ring (bicyclic) bond motifs is 1. The zero-order valence-electron chi connectivity index (χ0n) is 13.0. The maximum Gasteiger partial charge on any atom is 0.305 e. The van der Waals surface area contributed by atoms with Crippen molar-refractivity contribution < 1.29 is 14.7 Å². The zero-order valence-corrected chi connectivity index (χ0v) is 13.8. The number of H-pyrrole nitrogens is 1. The smallest absolute Gasteiger partial charge is 0.305 e. The first-order valence-electron chi connectivity index (χ1n) is 7.85. The molecule has 24 heavy (non-hydrogen) atoms. The molecular formula is C17H18N2O4S. The van der Waals surface area contributed by atoms with Crippen LogP contribution >= 0.6 is 11.3 Å². The number of thiophene rings is 1. The van der Waals surface area contributed by atoms with Crippen LogP contribution in [0, 0.1) is 0 Å². The summed E-state index contributed by atoms with van der Waals surface area (Å²) in [6, 6.07) is 4.57. The molecule has 3 rings (SSSR count). The van der Waals surface area contributed by atoms with Gasteiger partial charge in [0.05, 0.1) is 12.5 Å². The van der Waals surface area contributed by atoms with Crippen LogP contribution < -0.4 is 10.9 Å². The number of hydrogen-bond donors (Lipinski definition) is 3. The van der Waals surface area contributed by atoms with Gasteiger partial charge in [-0.3, -0.25) is 14.4 Å². The van der Waals surface area contributed by atoms with Crippen molar-refractivity contribution in [2.75, 3.05) is 0 Å². The molecule has 0 saturated heterocycles. The molecule has 6 nitrogen and oxygen atoms in total. The second-order valence-corrected chi connectivity index (χ2v) is 6.84. The number of rotatable bonds is 5. The lowest BCUT2D eigenvalue weighted by Crippen LogP contribution is -2.34. The van der Waals surface area contributed by atoms with Gasteiger partial charge in [0.15, 0.2) is 0 Å². The molecule has 3 N–H and O–H groups in total. The summed E-state index contributed by atoms with van der Waals surface area (Å²) in [5.74, 6) is -1.54. The van der Waals surface area contributed by atoms with Crippen LogP contribution in [-0.4, -0.2) is 22.0 Å². The number of pyridine rings is 1. The van der Waals surface area contributed by atoms with E-state index < -0.39 is 23.5 Å². The van der Waals surface area contributed by atoms with Crippen molar-refractivity contribution >= 4 is 23.2 Å². The topological polar surface area (TPSA) is 99.3 Å². The van der Waals surface area contributed by atoms with Gasteiger partial charge in [-0.1, -0.05) is 6.07 Å². The predicted molar refractivity (Wildman–Crippen MR) is 90.5 cm³/mol. The third-order valence-electron chi connectivity index (χ3n) is 4.15. The molecule has 1 aliphatic rings. The molecule has 0 aromatic carbocycles. The SMILES string of the molecule is O=C(O)CC(NC(=O)c1cc2c([nH]c1=O)CCCC2)c1cccs1. The van der Waals surface area contributed by atoms with Crippen molar-refractivity contribution in [1.29, 1.82) is 0 Å². The van der Waals surface area contributed by atoms with Crippen LogP contribution in [0.4, 0.5) is 0 Å². The van der Waals surface area contributed by atoms with E-state index in [0.29, 0.717) is 0 Å². The summed E-state index contributed by atoms with van der Waals surface area (Å²) in [4.78, 5) is 39.3. The molecule has 1 atom stereocenters. The second kappa shape index (κ2) is 7.00. The van der Waals surface area contributed by atoms with Crippen molar-refractivity contribution in [3.05, 3.63) is 55.6 Å². The van der Waals surface area contributed by atoms with Gasteiger partial charge in [-0.15, -0.1) is 11.3 Å². The van der Waals surface area contributed by atoms with Crippen LogP contribution in [-0.2, 0) is 17.6 Å². The average molecular weight is 346 g/mol. The predicted octanol–water partition coefficient (Wildman–Crippen LogP) is 2.26. The molecule has 0 fully saturated rings. The average Bonchev–Trinajstić information content (AvgIpc) is 3.07. The number of carbonyl (C=O) groups is 2. The molecular weight excluding hydrogens is 328 g/mol. The van der Waals surface area contributed by atoms with Gasteiger partial charge < -0.3 is 15.4 Å². The van der Waals surface area contributed by atoms with E-state index in [-0.39, 0.29) is 12.0 Å². The first-order chi connectivity index (χ1) is 11.5. The van der Waals surface area contributed by atoms with E-state index in [0.717, 1.165) is 41.8 Å². The molecule has 0 radical (unpaired) electrons. The molecule has 1 unspecified atom stereocenters. The number of aliphatic carboxylic acids is 1. The van der Waals surface area contributed by atoms with Gasteiger partial charge in [-0.2, -0.15) is 0 Å². The molecule has 126 valence electrons. The fraction of sp³-hybridized carbons (Fsp3) is 0.353. The Morgan fingerprint density at radius 1 is 1.33 bits per heavy atom. The Morgan fingerprint density at radius 2 is 2.12 bits per heavy atom. The number of carbonyl (C=O) groups excluding carboxylic acids is 1. The zero-order chi connectivity index (χ0) is 17.1. The summed E-state index contributed by atoms with van der Waals surface area (Å²) in [7, 11) is 0. The van der Waals surface area contributed by atoms with Gasteiger partial charge in [-0.05, 0) is 48.8 Å². The van der Waals surface area contributed by atoms with E-state index in [1.165, 1.54) is 11.3 Å². The molecule has 2 aromatic rings. The van der Waals surface area contributed by atoms with Crippen molar-refractivity contribution in [1.82, 2.24) is 10.3 Å². The molecule has 1 aliphatic carbocycles. The normalized spacial score (nSPS) is 14.7. The number of nitrogens with one attached hydrogen (secondary N) is 2. The molecule has 2 heterocycles. The van der Waals surface area contributed by atoms with E-state index in [4.69, 9.17) is 5.11 Å². The number of amides is 1. The number of carboxylic acid groups (broad SMARTS) is 1. The quantitative estimate of drug-likeness (QED) is 0.773. The number of aromatic nitrogens is 1. The monoisotopic (exact) mass is 346 g/mol. The third-order valence-corrected chi connectivity index (χ3v) is 5.14. The first-order valence-corrected chi connectivity index (χ1v) is 8.73. The van der Waals surface area contributed by atoms with Crippen LogP contribution in [0.3, 0.4) is 0 Å². The summed E-state index contributed by atoms with van der Waals surface area (Å²) in [5, 5.41) is 13.6. The third kappa shape index (κ3) is 3.56. The lowest BCUT2D eigenvalue weighted by Gasteiger charge is -2.18. The summed E-state index contributed by atoms with van der Waals surface area (Å²) in [6.07, 6.45) is 3.51. The minimum atomic E-state index is -1.01. The van der Waals surface area contributed by atoms with Gasteiger partial charge >= 0.3 is 5.97 Å². The fourth-order valence-corrected chi connectivity index (χ4v) is 3.74. The molecule has 0 spiro atoms. The molecule has 1 amide bonds. The number of carboxylic acids is 1. The Kier molecular flexibility index (Phi) is 4.80. The highest BCUT2D eigenvalue weighted by Crippen LogP contribution is 2.23. The van der Waals surface area contributed by atoms with Crippen molar-refractivity contribution in [3.8, 4) is 0 Å². The highest BCUT2D eigenvalue weighted by molar-refractivity contribution is 7.10. The number of aromatic amines is 1. The Labute approximate surface area is 142 Å². The van der Waals surface area contributed by atoms with Crippen molar-refractivity contribution in [2.45, 2.75) is 38.1 Å². The van der Waals surface area contributed by atoms with Gasteiger partial charge in [-0.25, -0.2) is 0 Å². The summed E-state index contributed by atoms with van der Waals surface area (Å²) in [6.45, 7) is 0. The highest BCUT2D eigenvalue weighted by Gasteiger charge is 2.22. The Balaban J connectivity index is 1.85. The second-order valence-electron chi connectivity index (χ2n) is 5.86. The van der Waals surface area contributed by atoms with Crippen LogP contribution in [0.2, 0.25) is 0 Å². The van der Waals surface area contributed by atoms with Crippen LogP contribution in [0.5, 0.6) is 0 Å². The van der Waals surface area contributed by atoms with Crippen molar-refractivity contribution in [3.63, 3.8) is 0 Å². The maximum absolute atomic E-state index is 12.5. The number of hydrogen-bond acceptors (Lipinski definition) is 4. The number of aryl methyl sites for hydroxylation is 2. The van der Waals surface area contributed by atoms with Gasteiger partial charge in [0.1, 0.15) is 5.56 Å². The van der Waals surface area contributed by atoms with Gasteiger partial charge in [0.25, 0.3) is 11.5 Å². The van der Waals surface area contributed by atoms with E-state index in [9.17, 15) is 14.4 Å². The van der Waals surface area contributed by atoms with Crippen molar-refractivity contribution in [2.24, 2.45) is 0 Å². The lowest BCUT2D eigenvalue weighted by atomic mass is 9.95. The van der Waals surface area contributed by atoms with Gasteiger partial charge in [0.2, 0.25) is 0 Å². The Bertz CT molecular complexity index is 810. The Morgan fingerprint density at radius 3 is 2.83 bits per heavy atom. The Hall–Kier alpha value is -2.41. The van der Waals surface area contributed by atoms with Crippen LogP contribution in [0.25, 0.3) is 0 Å². The molecule has 2 aromatic heterocycles. The van der Waals surface area contributed by atoms with Crippen LogP contribution in [0.15, 0.2) is 28.4 Å². The minimum Gasteiger partial charge on any atom is -0.481 e. The molecule has 7 heteroatoms. The molecule has 0 saturated carbocycles. The summed E-state index contributed by atoms with van der Waals surface area (Å²) < 4.78 is 0. The van der Waals surface area contributed by atoms with E-state index in [1.807, 2.05) is 5.38 Å². The minimum absolute atomic E-state index is 0.0441. The fourth-order valence-electron chi connectivity index (χ4n) is 2.97. The largest absolute Gasteiger partial charge is 0.481 e. The van der Waals surface area contributed by atoms with Gasteiger partial charge in [0, 0.05) is 10.6 Å². The standard InChI is InChI=1S/C17H18N2O4S/c20-15(21)9-13(14-6-3-7-24-14)19-17(23)11-8-10-4-1-2-5-12(10)18-16(11)22/h3,6-8,13H,1-2,4-5,9H2,(H,18,22)(H,19,23)(H,20,21). The van der Waals surface area contributed by atoms with Crippen LogP contribution in [0.1, 0.15) is 51.8 Å². The van der Waals surface area contributed by atoms with E-state index in [1.54, 1.807) is 18.2 Å². The summed E-state index contributed by atoms with van der Waals surface area (Å²) >= 11 is 1.37. The summed E-state index contributed by atoms with van der Waals surface area (Å²) in [5.41, 5.74) is 1.52.